The summed E-state index contributed by atoms with van der Waals surface area (Å²) in [6.07, 6.45) is 4.45. The van der Waals surface area contributed by atoms with Crippen LogP contribution in [-0.4, -0.2) is 10.9 Å². The van der Waals surface area contributed by atoms with Crippen LogP contribution in [0.1, 0.15) is 22.4 Å². The van der Waals surface area contributed by atoms with Crippen LogP contribution in [0, 0.1) is 13.8 Å². The van der Waals surface area contributed by atoms with E-state index in [-0.39, 0.29) is 5.91 Å². The van der Waals surface area contributed by atoms with Crippen molar-refractivity contribution in [2.24, 2.45) is 0 Å². The van der Waals surface area contributed by atoms with E-state index in [2.05, 4.69) is 30.2 Å². The van der Waals surface area contributed by atoms with Gasteiger partial charge in [-0.2, -0.15) is 0 Å². The normalized spacial score (nSPS) is 16.3. The average molecular weight is 252 g/mol. The van der Waals surface area contributed by atoms with Gasteiger partial charge in [0, 0.05) is 29.6 Å². The van der Waals surface area contributed by atoms with E-state index in [9.17, 15) is 4.79 Å². The Kier molecular flexibility index (Phi) is 2.75. The summed E-state index contributed by atoms with van der Waals surface area (Å²) >= 11 is 0. The number of hydrogen-bond acceptors (Lipinski definition) is 1. The number of rotatable bonds is 1. The van der Waals surface area contributed by atoms with Crippen molar-refractivity contribution in [1.82, 2.24) is 4.98 Å². The zero-order chi connectivity index (χ0) is 13.4. The van der Waals surface area contributed by atoms with Gasteiger partial charge in [-0.05, 0) is 54.8 Å². The number of hydrogen-bond donors (Lipinski definition) is 2. The highest BCUT2D eigenvalue weighted by atomic mass is 16.1. The Labute approximate surface area is 112 Å². The molecule has 0 bridgehead atoms. The number of benzene rings is 1. The maximum absolute atomic E-state index is 12.1. The van der Waals surface area contributed by atoms with Crippen LogP contribution in [0.5, 0.6) is 0 Å². The van der Waals surface area contributed by atoms with Gasteiger partial charge < -0.3 is 10.3 Å². The number of anilines is 1. The molecular weight excluding hydrogens is 236 g/mol. The Morgan fingerprint density at radius 3 is 2.74 bits per heavy atom. The minimum Gasteiger partial charge on any atom is -0.362 e. The topological polar surface area (TPSA) is 44.9 Å². The van der Waals surface area contributed by atoms with E-state index in [1.54, 1.807) is 0 Å². The summed E-state index contributed by atoms with van der Waals surface area (Å²) in [5.74, 6) is -0.00893. The lowest BCUT2D eigenvalue weighted by Gasteiger charge is -2.20. The molecule has 19 heavy (non-hydrogen) atoms. The van der Waals surface area contributed by atoms with Gasteiger partial charge in [0.2, 0.25) is 0 Å². The molecule has 1 aromatic carbocycles. The van der Waals surface area contributed by atoms with Gasteiger partial charge in [-0.1, -0.05) is 6.07 Å². The first-order valence-electron chi connectivity index (χ1n) is 6.39. The predicted molar refractivity (Wildman–Crippen MR) is 77.0 cm³/mol. The number of fused-ring (bicyclic) bond motifs is 1. The lowest BCUT2D eigenvalue weighted by Crippen LogP contribution is -2.22. The number of H-pyrrole nitrogens is 1. The largest absolute Gasteiger partial charge is 0.362 e. The van der Waals surface area contributed by atoms with E-state index < -0.39 is 0 Å². The molecule has 1 aromatic heterocycles. The van der Waals surface area contributed by atoms with Gasteiger partial charge in [0.25, 0.3) is 5.91 Å². The van der Waals surface area contributed by atoms with Gasteiger partial charge in [0.15, 0.2) is 0 Å². The smallest absolute Gasteiger partial charge is 0.252 e. The minimum atomic E-state index is -0.00893. The zero-order valence-corrected chi connectivity index (χ0v) is 11.1. The van der Waals surface area contributed by atoms with Crippen LogP contribution in [0.2, 0.25) is 0 Å². The summed E-state index contributed by atoms with van der Waals surface area (Å²) in [5.41, 5.74) is 6.33. The Morgan fingerprint density at radius 2 is 2.00 bits per heavy atom. The van der Waals surface area contributed by atoms with Crippen LogP contribution >= 0.6 is 0 Å². The molecule has 0 spiro atoms. The lowest BCUT2D eigenvalue weighted by atomic mass is 9.94. The maximum atomic E-state index is 12.1. The van der Waals surface area contributed by atoms with E-state index in [4.69, 9.17) is 0 Å². The zero-order valence-electron chi connectivity index (χ0n) is 11.1. The third kappa shape index (κ3) is 2.19. The fourth-order valence-corrected chi connectivity index (χ4v) is 2.36. The molecule has 2 aromatic rings. The molecule has 0 unspecified atom stereocenters. The van der Waals surface area contributed by atoms with Gasteiger partial charge in [0.05, 0.1) is 0 Å². The number of carbonyl (C=O) groups is 1. The molecule has 1 aliphatic rings. The maximum Gasteiger partial charge on any atom is 0.252 e. The number of aromatic nitrogens is 1. The third-order valence-corrected chi connectivity index (χ3v) is 3.59. The van der Waals surface area contributed by atoms with Crippen molar-refractivity contribution in [1.29, 1.82) is 0 Å². The predicted octanol–water partition coefficient (Wildman–Crippen LogP) is 3.21. The number of aromatic amines is 1. The van der Waals surface area contributed by atoms with E-state index in [0.717, 1.165) is 17.0 Å². The van der Waals surface area contributed by atoms with Crippen molar-refractivity contribution >= 4 is 17.7 Å². The third-order valence-electron chi connectivity index (χ3n) is 3.59. The summed E-state index contributed by atoms with van der Waals surface area (Å²) in [6, 6.07) is 8.09. The van der Waals surface area contributed by atoms with Gasteiger partial charge in [-0.15, -0.1) is 0 Å². The lowest BCUT2D eigenvalue weighted by molar-refractivity contribution is -0.113. The summed E-state index contributed by atoms with van der Waals surface area (Å²) in [5, 5.41) is 2.97. The second kappa shape index (κ2) is 4.43. The summed E-state index contributed by atoms with van der Waals surface area (Å²) in [6.45, 7) is 4.16. The van der Waals surface area contributed by atoms with Crippen molar-refractivity contribution in [3.8, 4) is 0 Å². The van der Waals surface area contributed by atoms with Crippen LogP contribution in [0.4, 0.5) is 5.69 Å². The van der Waals surface area contributed by atoms with Crippen LogP contribution in [0.15, 0.2) is 36.0 Å². The Morgan fingerprint density at radius 1 is 1.21 bits per heavy atom. The number of carbonyl (C=O) groups excluding carboxylic acids is 1. The van der Waals surface area contributed by atoms with Crippen molar-refractivity contribution in [2.45, 2.75) is 20.3 Å². The SMILES string of the molecule is Cc1cc2c(cc1C)NC(=O)/C(=C/c1ccc[nH]1)C2. The number of aryl methyl sites for hydroxylation is 2. The molecule has 2 heterocycles. The monoisotopic (exact) mass is 252 g/mol. The molecule has 1 aliphatic heterocycles. The molecule has 0 aliphatic carbocycles. The van der Waals surface area contributed by atoms with Crippen molar-refractivity contribution in [2.75, 3.05) is 5.32 Å². The van der Waals surface area contributed by atoms with Crippen molar-refractivity contribution in [3.63, 3.8) is 0 Å². The van der Waals surface area contributed by atoms with E-state index in [1.165, 1.54) is 16.7 Å². The van der Waals surface area contributed by atoms with Crippen LogP contribution in [0.25, 0.3) is 6.08 Å². The molecule has 3 rings (SSSR count). The fourth-order valence-electron chi connectivity index (χ4n) is 2.36. The highest BCUT2D eigenvalue weighted by molar-refractivity contribution is 6.09. The second-order valence-electron chi connectivity index (χ2n) is 5.02. The molecule has 0 saturated carbocycles. The van der Waals surface area contributed by atoms with Gasteiger partial charge in [-0.25, -0.2) is 0 Å². The van der Waals surface area contributed by atoms with E-state index in [0.29, 0.717) is 6.42 Å². The molecule has 3 nitrogen and oxygen atoms in total. The molecule has 0 fully saturated rings. The van der Waals surface area contributed by atoms with Gasteiger partial charge in [0.1, 0.15) is 0 Å². The van der Waals surface area contributed by atoms with Crippen LogP contribution in [-0.2, 0) is 11.2 Å². The molecule has 2 N–H and O–H groups in total. The minimum absolute atomic E-state index is 0.00893. The molecule has 0 saturated heterocycles. The van der Waals surface area contributed by atoms with Gasteiger partial charge in [-0.3, -0.25) is 4.79 Å². The summed E-state index contributed by atoms with van der Waals surface area (Å²) in [4.78, 5) is 15.2. The first kappa shape index (κ1) is 11.8. The molecule has 3 heteroatoms. The van der Waals surface area contributed by atoms with Crippen molar-refractivity contribution < 1.29 is 4.79 Å². The number of nitrogens with one attached hydrogen (secondary N) is 2. The molecule has 96 valence electrons. The van der Waals surface area contributed by atoms with E-state index >= 15 is 0 Å². The standard InChI is InChI=1S/C16H16N2O/c1-10-6-12-8-13(9-14-4-3-5-17-14)16(19)18-15(12)7-11(10)2/h3-7,9,17H,8H2,1-2H3,(H,18,19)/b13-9+. The van der Waals surface area contributed by atoms with Crippen LogP contribution < -0.4 is 5.32 Å². The average Bonchev–Trinajstić information content (AvgIpc) is 2.86. The molecule has 1 amide bonds. The quantitative estimate of drug-likeness (QED) is 0.752. The highest BCUT2D eigenvalue weighted by Crippen LogP contribution is 2.28. The Balaban J connectivity index is 2.00. The van der Waals surface area contributed by atoms with Crippen molar-refractivity contribution in [3.05, 3.63) is 58.4 Å². The first-order valence-corrected chi connectivity index (χ1v) is 6.39. The molecule has 0 atom stereocenters. The summed E-state index contributed by atoms with van der Waals surface area (Å²) < 4.78 is 0. The second-order valence-corrected chi connectivity index (χ2v) is 5.02. The number of amides is 1. The first-order chi connectivity index (χ1) is 9.13. The molecular formula is C16H16N2O. The fraction of sp³-hybridized carbons (Fsp3) is 0.188. The Hall–Kier alpha value is -2.29. The molecule has 0 radical (unpaired) electrons. The van der Waals surface area contributed by atoms with E-state index in [1.807, 2.05) is 30.5 Å². The highest BCUT2D eigenvalue weighted by Gasteiger charge is 2.20. The van der Waals surface area contributed by atoms with Crippen LogP contribution in [0.3, 0.4) is 0 Å². The van der Waals surface area contributed by atoms with Gasteiger partial charge >= 0.3 is 0 Å². The summed E-state index contributed by atoms with van der Waals surface area (Å²) in [7, 11) is 0. The Bertz CT molecular complexity index is 666.